The normalized spacial score (nSPS) is 16.5. The summed E-state index contributed by atoms with van der Waals surface area (Å²) < 4.78 is 25.0. The molecule has 0 aliphatic carbocycles. The van der Waals surface area contributed by atoms with Crippen LogP contribution in [-0.2, 0) is 16.4 Å². The number of nitrogens with zero attached hydrogens (tertiary/aromatic N) is 4. The minimum atomic E-state index is -3.36. The van der Waals surface area contributed by atoms with Crippen molar-refractivity contribution in [2.75, 3.05) is 29.4 Å². The standard InChI is InChI=1S/C29H32N6O3S/c1-18(2)39(37,38)23-6-3-20(4-7-23)25-15-31-28-27(33-25)26(16-32-28)35-17-21-13-22(5-8-24(21)29(35)36)34-11-9-19(14-30)10-12-34/h3-8,13,15-16,18-19H,9-12,14,17,30H2,1-2H3,(H,31,32). The molecule has 4 aromatic rings. The van der Waals surface area contributed by atoms with Crippen LogP contribution in [0.15, 0.2) is 59.8 Å². The number of amides is 1. The van der Waals surface area contributed by atoms with Crippen LogP contribution in [0.5, 0.6) is 0 Å². The molecule has 2 aromatic carbocycles. The second kappa shape index (κ2) is 9.77. The second-order valence-corrected chi connectivity index (χ2v) is 13.1. The lowest BCUT2D eigenvalue weighted by Gasteiger charge is -2.33. The first-order chi connectivity index (χ1) is 18.8. The van der Waals surface area contributed by atoms with Gasteiger partial charge >= 0.3 is 0 Å². The lowest BCUT2D eigenvalue weighted by Crippen LogP contribution is -2.36. The molecule has 10 heteroatoms. The highest BCUT2D eigenvalue weighted by molar-refractivity contribution is 7.92. The number of aromatic nitrogens is 3. The number of benzene rings is 2. The molecule has 202 valence electrons. The summed E-state index contributed by atoms with van der Waals surface area (Å²) in [4.78, 5) is 30.3. The third kappa shape index (κ3) is 4.47. The van der Waals surface area contributed by atoms with Crippen molar-refractivity contribution in [3.05, 3.63) is 66.0 Å². The maximum Gasteiger partial charge on any atom is 0.259 e. The first kappa shape index (κ1) is 25.5. The van der Waals surface area contributed by atoms with E-state index in [0.29, 0.717) is 40.6 Å². The lowest BCUT2D eigenvalue weighted by atomic mass is 9.96. The van der Waals surface area contributed by atoms with Gasteiger partial charge in [0.25, 0.3) is 5.91 Å². The maximum absolute atomic E-state index is 13.4. The Balaban J connectivity index is 1.27. The zero-order chi connectivity index (χ0) is 27.3. The zero-order valence-corrected chi connectivity index (χ0v) is 22.9. The first-order valence-electron chi connectivity index (χ1n) is 13.3. The Morgan fingerprint density at radius 2 is 1.85 bits per heavy atom. The Labute approximate surface area is 228 Å². The van der Waals surface area contributed by atoms with E-state index >= 15 is 0 Å². The highest BCUT2D eigenvalue weighted by Gasteiger charge is 2.32. The number of H-pyrrole nitrogens is 1. The Morgan fingerprint density at radius 3 is 2.54 bits per heavy atom. The van der Waals surface area contributed by atoms with Crippen LogP contribution in [0.25, 0.3) is 22.4 Å². The predicted octanol–water partition coefficient (Wildman–Crippen LogP) is 4.14. The molecule has 2 aliphatic heterocycles. The van der Waals surface area contributed by atoms with E-state index in [9.17, 15) is 13.2 Å². The van der Waals surface area contributed by atoms with E-state index in [0.717, 1.165) is 49.3 Å². The molecule has 0 unspecified atom stereocenters. The number of fused-ring (bicyclic) bond motifs is 2. The fraction of sp³-hybridized carbons (Fsp3) is 0.345. The van der Waals surface area contributed by atoms with Gasteiger partial charge in [-0.3, -0.25) is 4.79 Å². The fourth-order valence-electron chi connectivity index (χ4n) is 5.44. The van der Waals surface area contributed by atoms with Crippen molar-refractivity contribution in [1.82, 2.24) is 15.0 Å². The van der Waals surface area contributed by atoms with E-state index in [4.69, 9.17) is 10.7 Å². The van der Waals surface area contributed by atoms with Crippen LogP contribution in [-0.4, -0.2) is 54.2 Å². The molecular formula is C29H32N6O3S. The van der Waals surface area contributed by atoms with Gasteiger partial charge in [0.1, 0.15) is 5.52 Å². The minimum absolute atomic E-state index is 0.0604. The summed E-state index contributed by atoms with van der Waals surface area (Å²) in [6.45, 7) is 6.48. The molecule has 6 rings (SSSR count). The Kier molecular flexibility index (Phi) is 6.39. The molecule has 0 bridgehead atoms. The van der Waals surface area contributed by atoms with Gasteiger partial charge in [-0.2, -0.15) is 0 Å². The maximum atomic E-state index is 13.4. The van der Waals surface area contributed by atoms with Crippen LogP contribution in [0, 0.1) is 5.92 Å². The lowest BCUT2D eigenvalue weighted by molar-refractivity contribution is 0.0997. The monoisotopic (exact) mass is 544 g/mol. The van der Waals surface area contributed by atoms with Crippen molar-refractivity contribution in [3.8, 4) is 11.3 Å². The quantitative estimate of drug-likeness (QED) is 0.374. The minimum Gasteiger partial charge on any atom is -0.372 e. The smallest absolute Gasteiger partial charge is 0.259 e. The number of nitrogens with one attached hydrogen (secondary N) is 1. The number of anilines is 2. The van der Waals surface area contributed by atoms with Crippen molar-refractivity contribution in [3.63, 3.8) is 0 Å². The summed E-state index contributed by atoms with van der Waals surface area (Å²) in [5, 5.41) is -0.497. The van der Waals surface area contributed by atoms with Crippen LogP contribution in [0.1, 0.15) is 42.6 Å². The molecule has 1 amide bonds. The largest absolute Gasteiger partial charge is 0.372 e. The number of carbonyl (C=O) groups is 1. The van der Waals surface area contributed by atoms with Gasteiger partial charge in [0, 0.05) is 36.1 Å². The molecule has 9 nitrogen and oxygen atoms in total. The van der Waals surface area contributed by atoms with E-state index in [1.807, 2.05) is 12.1 Å². The average molecular weight is 545 g/mol. The fourth-order valence-corrected chi connectivity index (χ4v) is 6.50. The van der Waals surface area contributed by atoms with Gasteiger partial charge < -0.3 is 20.5 Å². The predicted molar refractivity (Wildman–Crippen MR) is 153 cm³/mol. The third-order valence-corrected chi connectivity index (χ3v) is 10.1. The van der Waals surface area contributed by atoms with Gasteiger partial charge in [-0.05, 0) is 75.0 Å². The number of carbonyl (C=O) groups excluding carboxylic acids is 1. The van der Waals surface area contributed by atoms with Crippen molar-refractivity contribution in [2.45, 2.75) is 43.4 Å². The molecule has 1 fully saturated rings. The molecule has 4 heterocycles. The Hall–Kier alpha value is -3.76. The van der Waals surface area contributed by atoms with Crippen LogP contribution < -0.4 is 15.5 Å². The molecule has 0 atom stereocenters. The molecule has 0 spiro atoms. The second-order valence-electron chi connectivity index (χ2n) is 10.6. The summed E-state index contributed by atoms with van der Waals surface area (Å²) in [7, 11) is -3.36. The van der Waals surface area contributed by atoms with Crippen LogP contribution >= 0.6 is 0 Å². The summed E-state index contributed by atoms with van der Waals surface area (Å²) in [6.07, 6.45) is 5.60. The van der Waals surface area contributed by atoms with Gasteiger partial charge in [-0.1, -0.05) is 12.1 Å². The van der Waals surface area contributed by atoms with Gasteiger partial charge in [-0.15, -0.1) is 0 Å². The number of rotatable bonds is 6. The van der Waals surface area contributed by atoms with Gasteiger partial charge in [0.05, 0.1) is 34.3 Å². The van der Waals surface area contributed by atoms with E-state index in [2.05, 4.69) is 20.9 Å². The van der Waals surface area contributed by atoms with E-state index in [1.165, 1.54) is 0 Å². The summed E-state index contributed by atoms with van der Waals surface area (Å²) in [5.74, 6) is 0.529. The molecular weight excluding hydrogens is 512 g/mol. The van der Waals surface area contributed by atoms with Crippen molar-refractivity contribution in [2.24, 2.45) is 11.7 Å². The molecule has 0 radical (unpaired) electrons. The van der Waals surface area contributed by atoms with Gasteiger partial charge in [0.2, 0.25) is 0 Å². The van der Waals surface area contributed by atoms with E-state index in [-0.39, 0.29) is 10.8 Å². The van der Waals surface area contributed by atoms with Crippen LogP contribution in [0.3, 0.4) is 0 Å². The molecule has 2 aliphatic rings. The summed E-state index contributed by atoms with van der Waals surface area (Å²) in [6, 6.07) is 12.8. The van der Waals surface area contributed by atoms with Crippen molar-refractivity contribution >= 4 is 38.3 Å². The van der Waals surface area contributed by atoms with Crippen LogP contribution in [0.2, 0.25) is 0 Å². The number of sulfone groups is 1. The van der Waals surface area contributed by atoms with Crippen LogP contribution in [0.4, 0.5) is 11.4 Å². The summed E-state index contributed by atoms with van der Waals surface area (Å²) >= 11 is 0. The number of aromatic amines is 1. The van der Waals surface area contributed by atoms with Crippen molar-refractivity contribution < 1.29 is 13.2 Å². The van der Waals surface area contributed by atoms with E-state index in [1.54, 1.807) is 55.4 Å². The average Bonchev–Trinajstić information content (AvgIpc) is 3.52. The third-order valence-electron chi connectivity index (χ3n) is 7.96. The highest BCUT2D eigenvalue weighted by atomic mass is 32.2. The molecule has 2 aromatic heterocycles. The Bertz CT molecular complexity index is 1650. The van der Waals surface area contributed by atoms with E-state index < -0.39 is 15.1 Å². The number of nitrogens with two attached hydrogens (primary N) is 1. The molecule has 0 saturated carbocycles. The summed E-state index contributed by atoms with van der Waals surface area (Å²) in [5.41, 5.74) is 11.9. The molecule has 3 N–H and O–H groups in total. The van der Waals surface area contributed by atoms with Gasteiger partial charge in [0.15, 0.2) is 15.5 Å². The zero-order valence-electron chi connectivity index (χ0n) is 22.1. The number of hydrogen-bond donors (Lipinski definition) is 2. The SMILES string of the molecule is CC(C)S(=O)(=O)c1ccc(-c2cnc3[nH]cc(N4Cc5cc(N6CCC(CN)CC6)ccc5C4=O)c3n2)cc1. The van der Waals surface area contributed by atoms with Gasteiger partial charge in [-0.25, -0.2) is 18.4 Å². The topological polar surface area (TPSA) is 125 Å². The molecule has 39 heavy (non-hydrogen) atoms. The Morgan fingerprint density at radius 1 is 1.10 bits per heavy atom. The number of piperidine rings is 1. The highest BCUT2D eigenvalue weighted by Crippen LogP contribution is 2.35. The number of hydrogen-bond acceptors (Lipinski definition) is 7. The molecule has 1 saturated heterocycles. The van der Waals surface area contributed by atoms with Crippen molar-refractivity contribution in [1.29, 1.82) is 0 Å². The first-order valence-corrected chi connectivity index (χ1v) is 14.9.